The fourth-order valence-electron chi connectivity index (χ4n) is 6.19. The number of hydrogen-bond acceptors (Lipinski definition) is 4. The van der Waals surface area contributed by atoms with Crippen LogP contribution in [0.3, 0.4) is 0 Å². The molecule has 1 aromatic heterocycles. The molecule has 4 atom stereocenters. The molecule has 4 rings (SSSR count). The third-order valence-corrected chi connectivity index (χ3v) is 8.20. The molecule has 0 aliphatic carbocycles. The van der Waals surface area contributed by atoms with Crippen LogP contribution in [0.25, 0.3) is 0 Å². The molecule has 0 radical (unpaired) electrons. The maximum absolute atomic E-state index is 13.4. The van der Waals surface area contributed by atoms with Crippen LogP contribution in [-0.4, -0.2) is 34.8 Å². The summed E-state index contributed by atoms with van der Waals surface area (Å²) in [5.41, 5.74) is 3.57. The van der Waals surface area contributed by atoms with Crippen molar-refractivity contribution in [1.82, 2.24) is 9.47 Å². The van der Waals surface area contributed by atoms with E-state index in [0.717, 1.165) is 56.6 Å². The fourth-order valence-corrected chi connectivity index (χ4v) is 6.19. The summed E-state index contributed by atoms with van der Waals surface area (Å²) in [5, 5.41) is 0. The minimum absolute atomic E-state index is 0.104. The Kier molecular flexibility index (Phi) is 9.64. The Morgan fingerprint density at radius 1 is 0.973 bits per heavy atom. The quantitative estimate of drug-likeness (QED) is 0.244. The van der Waals surface area contributed by atoms with Crippen molar-refractivity contribution >= 4 is 5.97 Å². The van der Waals surface area contributed by atoms with Crippen molar-refractivity contribution in [2.45, 2.75) is 104 Å². The Balaban J connectivity index is 1.45. The summed E-state index contributed by atoms with van der Waals surface area (Å²) >= 11 is 0. The lowest BCUT2D eigenvalue weighted by Crippen LogP contribution is -2.51. The molecule has 37 heavy (non-hydrogen) atoms. The van der Waals surface area contributed by atoms with E-state index in [2.05, 4.69) is 56.0 Å². The number of esters is 1. The lowest BCUT2D eigenvalue weighted by atomic mass is 9.83. The zero-order chi connectivity index (χ0) is 26.4. The van der Waals surface area contributed by atoms with Gasteiger partial charge in [0.05, 0.1) is 5.92 Å². The van der Waals surface area contributed by atoms with E-state index >= 15 is 0 Å². The molecule has 1 fully saturated rings. The first-order valence-electron chi connectivity index (χ1n) is 14.6. The second-order valence-corrected chi connectivity index (χ2v) is 11.8. The maximum atomic E-state index is 13.4. The number of piperidine rings is 1. The van der Waals surface area contributed by atoms with Crippen molar-refractivity contribution in [3.63, 3.8) is 0 Å². The first kappa shape index (κ1) is 27.6. The van der Waals surface area contributed by atoms with Crippen LogP contribution in [0.2, 0.25) is 0 Å². The fraction of sp³-hybridized carbons (Fsp3) is 0.625. The van der Waals surface area contributed by atoms with Crippen LogP contribution in [0.4, 0.5) is 0 Å². The van der Waals surface area contributed by atoms with Gasteiger partial charge >= 0.3 is 5.97 Å². The Morgan fingerprint density at radius 2 is 1.73 bits per heavy atom. The average molecular weight is 507 g/mol. The molecule has 3 unspecified atom stereocenters. The van der Waals surface area contributed by atoms with E-state index in [1.807, 2.05) is 17.6 Å². The summed E-state index contributed by atoms with van der Waals surface area (Å²) < 4.78 is 8.27. The number of ether oxygens (including phenoxy) is 1. The summed E-state index contributed by atoms with van der Waals surface area (Å²) in [6.45, 7) is 11.1. The van der Waals surface area contributed by atoms with Crippen LogP contribution in [0.5, 0.6) is 0 Å². The van der Waals surface area contributed by atoms with Gasteiger partial charge in [-0.25, -0.2) is 0 Å². The van der Waals surface area contributed by atoms with Gasteiger partial charge in [-0.2, -0.15) is 0 Å². The van der Waals surface area contributed by atoms with Crippen LogP contribution in [0.15, 0.2) is 47.3 Å². The summed E-state index contributed by atoms with van der Waals surface area (Å²) in [4.78, 5) is 28.2. The summed E-state index contributed by atoms with van der Waals surface area (Å²) in [7, 11) is 0. The molecule has 0 amide bonds. The van der Waals surface area contributed by atoms with Crippen molar-refractivity contribution in [3.8, 4) is 0 Å². The van der Waals surface area contributed by atoms with Gasteiger partial charge in [-0.3, -0.25) is 14.5 Å². The Bertz CT molecular complexity index is 1070. The zero-order valence-corrected chi connectivity index (χ0v) is 23.3. The molecular weight excluding hydrogens is 460 g/mol. The van der Waals surface area contributed by atoms with Crippen LogP contribution in [0.1, 0.15) is 101 Å². The highest BCUT2D eigenvalue weighted by Crippen LogP contribution is 2.36. The van der Waals surface area contributed by atoms with E-state index < -0.39 is 0 Å². The molecule has 0 N–H and O–H groups in total. The summed E-state index contributed by atoms with van der Waals surface area (Å²) in [5.74, 6) is 0.912. The average Bonchev–Trinajstić information content (AvgIpc) is 2.88. The third kappa shape index (κ3) is 7.13. The predicted octanol–water partition coefficient (Wildman–Crippen LogP) is 6.50. The van der Waals surface area contributed by atoms with E-state index in [1.165, 1.54) is 31.2 Å². The minimum atomic E-state index is -0.292. The van der Waals surface area contributed by atoms with Crippen LogP contribution in [-0.2, 0) is 22.5 Å². The van der Waals surface area contributed by atoms with Crippen molar-refractivity contribution in [2.24, 2.45) is 11.8 Å². The number of unbranched alkanes of at least 4 members (excludes halogenated alkanes) is 4. The van der Waals surface area contributed by atoms with Gasteiger partial charge in [0, 0.05) is 37.3 Å². The first-order valence-corrected chi connectivity index (χ1v) is 14.6. The van der Waals surface area contributed by atoms with Crippen LogP contribution < -0.4 is 5.56 Å². The van der Waals surface area contributed by atoms with E-state index in [4.69, 9.17) is 4.74 Å². The van der Waals surface area contributed by atoms with Gasteiger partial charge in [0.1, 0.15) is 0 Å². The Labute approximate surface area is 223 Å². The third-order valence-electron chi connectivity index (χ3n) is 8.20. The molecule has 0 saturated carbocycles. The van der Waals surface area contributed by atoms with Gasteiger partial charge in [0.15, 0.2) is 6.23 Å². The molecule has 5 nitrogen and oxygen atoms in total. The van der Waals surface area contributed by atoms with Crippen molar-refractivity contribution in [2.75, 3.05) is 13.1 Å². The zero-order valence-electron chi connectivity index (χ0n) is 23.3. The number of hydrogen-bond donors (Lipinski definition) is 0. The van der Waals surface area contributed by atoms with Gasteiger partial charge in [0.2, 0.25) is 0 Å². The smallest absolute Gasteiger partial charge is 0.314 e. The molecule has 2 aliphatic heterocycles. The number of carbonyl (C=O) groups excluding carboxylic acids is 1. The normalized spacial score (nSPS) is 20.9. The number of aromatic nitrogens is 1. The number of fused-ring (bicyclic) bond motifs is 4. The van der Waals surface area contributed by atoms with Crippen molar-refractivity contribution < 1.29 is 9.53 Å². The highest BCUT2D eigenvalue weighted by Gasteiger charge is 2.38. The highest BCUT2D eigenvalue weighted by atomic mass is 16.6. The van der Waals surface area contributed by atoms with E-state index in [0.29, 0.717) is 17.8 Å². The number of benzene rings is 1. The molecule has 1 aromatic carbocycles. The van der Waals surface area contributed by atoms with Crippen molar-refractivity contribution in [3.05, 3.63) is 69.6 Å². The van der Waals surface area contributed by atoms with Crippen LogP contribution >= 0.6 is 0 Å². The van der Waals surface area contributed by atoms with Crippen LogP contribution in [0, 0.1) is 11.8 Å². The molecular formula is C32H46N2O3. The lowest BCUT2D eigenvalue weighted by molar-refractivity contribution is -0.164. The number of nitrogens with zero attached hydrogens (tertiary/aromatic N) is 2. The number of likely N-dealkylation sites (tertiary alicyclic amines) is 1. The minimum Gasteiger partial charge on any atom is -0.446 e. The standard InChI is InChI=1S/C32H46N2O3/c1-5-6-7-8-9-13-31(37-32(36)24(4)27-16-14-25(15-17-27)18-23(2)3)33-20-26-19-28(22-33)29-11-10-12-30(35)34(29)21-26/h10-12,14-17,23-24,26,28,31H,5-9,13,18-22H2,1-4H3/t24?,26-,28?,31?/m0/s1. The molecule has 0 spiro atoms. The molecule has 202 valence electrons. The number of pyridine rings is 1. The molecule has 3 heterocycles. The lowest BCUT2D eigenvalue weighted by Gasteiger charge is -2.45. The van der Waals surface area contributed by atoms with E-state index in [9.17, 15) is 9.59 Å². The SMILES string of the molecule is CCCCCCCC(OC(=O)C(C)c1ccc(CC(C)C)cc1)N1CC2C[C@@H](C1)Cn1c2cccc1=O. The van der Waals surface area contributed by atoms with Gasteiger partial charge in [0.25, 0.3) is 5.56 Å². The predicted molar refractivity (Wildman–Crippen MR) is 150 cm³/mol. The second kappa shape index (κ2) is 12.9. The highest BCUT2D eigenvalue weighted by molar-refractivity contribution is 5.77. The summed E-state index contributed by atoms with van der Waals surface area (Å²) in [6.07, 6.45) is 8.78. The molecule has 2 aromatic rings. The Hall–Kier alpha value is -2.40. The molecule has 1 saturated heterocycles. The molecule has 2 bridgehead atoms. The largest absolute Gasteiger partial charge is 0.446 e. The number of rotatable bonds is 12. The first-order chi connectivity index (χ1) is 17.9. The van der Waals surface area contributed by atoms with Gasteiger partial charge < -0.3 is 9.30 Å². The monoisotopic (exact) mass is 506 g/mol. The van der Waals surface area contributed by atoms with E-state index in [1.54, 1.807) is 6.07 Å². The summed E-state index contributed by atoms with van der Waals surface area (Å²) in [6, 6.07) is 14.1. The van der Waals surface area contributed by atoms with Gasteiger partial charge in [-0.1, -0.05) is 76.8 Å². The molecule has 5 heteroatoms. The molecule has 2 aliphatic rings. The number of carbonyl (C=O) groups is 1. The maximum Gasteiger partial charge on any atom is 0.314 e. The van der Waals surface area contributed by atoms with Gasteiger partial charge in [-0.15, -0.1) is 0 Å². The van der Waals surface area contributed by atoms with Crippen molar-refractivity contribution in [1.29, 1.82) is 0 Å². The van der Waals surface area contributed by atoms with Gasteiger partial charge in [-0.05, 0) is 61.6 Å². The topological polar surface area (TPSA) is 51.5 Å². The van der Waals surface area contributed by atoms with E-state index in [-0.39, 0.29) is 23.7 Å². The Morgan fingerprint density at radius 3 is 2.46 bits per heavy atom. The second-order valence-electron chi connectivity index (χ2n) is 11.8.